The number of fused-ring (bicyclic) bond motifs is 1. The molecule has 4 aromatic rings. The van der Waals surface area contributed by atoms with Gasteiger partial charge in [-0.25, -0.2) is 9.66 Å². The molecule has 3 N–H and O–H groups in total. The molecule has 0 unspecified atom stereocenters. The number of nitrogens with zero attached hydrogens (tertiary/aromatic N) is 2. The maximum Gasteiger partial charge on any atom is 0.282 e. The molecule has 8 heteroatoms. The summed E-state index contributed by atoms with van der Waals surface area (Å²) >= 11 is 2.55. The Balaban J connectivity index is 1.44. The number of thiophene rings is 1. The van der Waals surface area contributed by atoms with Gasteiger partial charge < -0.3 is 11.2 Å². The first-order valence-electron chi connectivity index (χ1n) is 9.41. The SMILES string of the molecule is Nn1c(SCC(=O)NCCc2ccccc2)nc2scc(-c3ccccc3)c2c1=O. The molecule has 6 nitrogen and oxygen atoms in total. The maximum absolute atomic E-state index is 12.9. The molecule has 0 atom stereocenters. The van der Waals surface area contributed by atoms with Gasteiger partial charge in [-0.3, -0.25) is 9.59 Å². The first kappa shape index (κ1) is 20.2. The Morgan fingerprint density at radius 2 is 1.80 bits per heavy atom. The second kappa shape index (κ2) is 9.15. The Morgan fingerprint density at radius 1 is 1.10 bits per heavy atom. The molecular weight excluding hydrogens is 416 g/mol. The average Bonchev–Trinajstić information content (AvgIpc) is 3.21. The van der Waals surface area contributed by atoms with Crippen LogP contribution in [0.3, 0.4) is 0 Å². The van der Waals surface area contributed by atoms with Gasteiger partial charge in [0.15, 0.2) is 5.16 Å². The number of amides is 1. The molecule has 0 saturated heterocycles. The van der Waals surface area contributed by atoms with Gasteiger partial charge in [-0.15, -0.1) is 11.3 Å². The zero-order chi connectivity index (χ0) is 20.9. The van der Waals surface area contributed by atoms with Crippen molar-refractivity contribution in [3.63, 3.8) is 0 Å². The van der Waals surface area contributed by atoms with Crippen LogP contribution in [0.5, 0.6) is 0 Å². The Bertz CT molecular complexity index is 1220. The van der Waals surface area contributed by atoms with E-state index in [9.17, 15) is 9.59 Å². The van der Waals surface area contributed by atoms with Crippen molar-refractivity contribution in [1.29, 1.82) is 0 Å². The summed E-state index contributed by atoms with van der Waals surface area (Å²) in [7, 11) is 0. The number of aromatic nitrogens is 2. The van der Waals surface area contributed by atoms with Crippen LogP contribution < -0.4 is 16.7 Å². The number of thioether (sulfide) groups is 1. The lowest BCUT2D eigenvalue weighted by Gasteiger charge is -2.08. The summed E-state index contributed by atoms with van der Waals surface area (Å²) in [6, 6.07) is 19.6. The molecule has 0 aliphatic carbocycles. The summed E-state index contributed by atoms with van der Waals surface area (Å²) in [5.41, 5.74) is 2.62. The van der Waals surface area contributed by atoms with Crippen molar-refractivity contribution in [2.45, 2.75) is 11.6 Å². The smallest absolute Gasteiger partial charge is 0.282 e. The minimum Gasteiger partial charge on any atom is -0.355 e. The zero-order valence-electron chi connectivity index (χ0n) is 16.1. The highest BCUT2D eigenvalue weighted by molar-refractivity contribution is 7.99. The summed E-state index contributed by atoms with van der Waals surface area (Å²) in [6.07, 6.45) is 0.764. The van der Waals surface area contributed by atoms with Gasteiger partial charge in [0.1, 0.15) is 4.83 Å². The van der Waals surface area contributed by atoms with Crippen molar-refractivity contribution in [2.24, 2.45) is 0 Å². The first-order chi connectivity index (χ1) is 14.6. The van der Waals surface area contributed by atoms with E-state index >= 15 is 0 Å². The number of hydrogen-bond donors (Lipinski definition) is 2. The number of nitrogens with two attached hydrogens (primary N) is 1. The highest BCUT2D eigenvalue weighted by Gasteiger charge is 2.17. The second-order valence-electron chi connectivity index (χ2n) is 6.64. The van der Waals surface area contributed by atoms with E-state index in [2.05, 4.69) is 10.3 Å². The van der Waals surface area contributed by atoms with Gasteiger partial charge in [-0.2, -0.15) is 0 Å². The second-order valence-corrected chi connectivity index (χ2v) is 8.44. The summed E-state index contributed by atoms with van der Waals surface area (Å²) < 4.78 is 1.03. The van der Waals surface area contributed by atoms with Gasteiger partial charge in [0, 0.05) is 17.5 Å². The monoisotopic (exact) mass is 436 g/mol. The predicted octanol–water partition coefficient (Wildman–Crippen LogP) is 3.29. The van der Waals surface area contributed by atoms with Crippen molar-refractivity contribution in [3.05, 3.63) is 82.0 Å². The fourth-order valence-electron chi connectivity index (χ4n) is 3.09. The number of nitrogens with one attached hydrogen (secondary N) is 1. The lowest BCUT2D eigenvalue weighted by molar-refractivity contribution is -0.118. The molecule has 1 amide bonds. The quantitative estimate of drug-likeness (QED) is 0.264. The van der Waals surface area contributed by atoms with Crippen molar-refractivity contribution < 1.29 is 4.79 Å². The van der Waals surface area contributed by atoms with Crippen LogP contribution in [-0.4, -0.2) is 27.9 Å². The molecular formula is C22H20N4O2S2. The lowest BCUT2D eigenvalue weighted by Crippen LogP contribution is -2.31. The van der Waals surface area contributed by atoms with E-state index in [-0.39, 0.29) is 17.2 Å². The van der Waals surface area contributed by atoms with E-state index in [4.69, 9.17) is 5.84 Å². The molecule has 30 heavy (non-hydrogen) atoms. The summed E-state index contributed by atoms with van der Waals surface area (Å²) in [4.78, 5) is 30.2. The van der Waals surface area contributed by atoms with Crippen molar-refractivity contribution >= 4 is 39.2 Å². The van der Waals surface area contributed by atoms with Crippen molar-refractivity contribution in [2.75, 3.05) is 18.1 Å². The molecule has 2 heterocycles. The van der Waals surface area contributed by atoms with Gasteiger partial charge in [-0.05, 0) is 17.5 Å². The Labute approximate surface area is 181 Å². The zero-order valence-corrected chi connectivity index (χ0v) is 17.7. The van der Waals surface area contributed by atoms with Gasteiger partial charge in [0.05, 0.1) is 11.1 Å². The number of benzene rings is 2. The molecule has 0 aliphatic rings. The van der Waals surface area contributed by atoms with Crippen LogP contribution in [0.4, 0.5) is 0 Å². The van der Waals surface area contributed by atoms with Crippen LogP contribution in [-0.2, 0) is 11.2 Å². The Morgan fingerprint density at radius 3 is 2.53 bits per heavy atom. The minimum atomic E-state index is -0.313. The van der Waals surface area contributed by atoms with Gasteiger partial charge in [0.2, 0.25) is 5.91 Å². The van der Waals surface area contributed by atoms with Crippen LogP contribution >= 0.6 is 23.1 Å². The first-order valence-corrected chi connectivity index (χ1v) is 11.3. The summed E-state index contributed by atoms with van der Waals surface area (Å²) in [5, 5.41) is 5.63. The molecule has 0 spiro atoms. The van der Waals surface area contributed by atoms with E-state index in [0.29, 0.717) is 21.9 Å². The van der Waals surface area contributed by atoms with E-state index in [1.807, 2.05) is 66.0 Å². The normalized spacial score (nSPS) is 10.9. The Kier molecular flexibility index (Phi) is 6.15. The fraction of sp³-hybridized carbons (Fsp3) is 0.136. The van der Waals surface area contributed by atoms with Crippen LogP contribution in [0.1, 0.15) is 5.56 Å². The van der Waals surface area contributed by atoms with Crippen molar-refractivity contribution in [3.8, 4) is 11.1 Å². The van der Waals surface area contributed by atoms with E-state index < -0.39 is 0 Å². The molecule has 0 aliphatic heterocycles. The third-order valence-corrected chi connectivity index (χ3v) is 6.43. The molecule has 2 aromatic heterocycles. The third-order valence-electron chi connectivity index (χ3n) is 4.60. The van der Waals surface area contributed by atoms with E-state index in [0.717, 1.165) is 34.0 Å². The number of carbonyl (C=O) groups is 1. The summed E-state index contributed by atoms with van der Waals surface area (Å²) in [5.74, 6) is 6.03. The Hall–Kier alpha value is -3.10. The topological polar surface area (TPSA) is 90.0 Å². The highest BCUT2D eigenvalue weighted by Crippen LogP contribution is 2.31. The lowest BCUT2D eigenvalue weighted by atomic mass is 10.1. The molecule has 0 bridgehead atoms. The largest absolute Gasteiger partial charge is 0.355 e. The van der Waals surface area contributed by atoms with Gasteiger partial charge >= 0.3 is 0 Å². The van der Waals surface area contributed by atoms with Crippen LogP contribution in [0.15, 0.2) is 76.0 Å². The number of rotatable bonds is 7. The van der Waals surface area contributed by atoms with Crippen LogP contribution in [0.25, 0.3) is 21.3 Å². The van der Waals surface area contributed by atoms with Gasteiger partial charge in [0.25, 0.3) is 5.56 Å². The molecule has 0 saturated carbocycles. The van der Waals surface area contributed by atoms with E-state index in [1.165, 1.54) is 16.9 Å². The molecule has 152 valence electrons. The molecule has 0 radical (unpaired) electrons. The molecule has 2 aromatic carbocycles. The molecule has 0 fully saturated rings. The maximum atomic E-state index is 12.9. The molecule has 4 rings (SSSR count). The fourth-order valence-corrected chi connectivity index (χ4v) is 4.82. The van der Waals surface area contributed by atoms with Crippen LogP contribution in [0, 0.1) is 0 Å². The third kappa shape index (κ3) is 4.39. The standard InChI is InChI=1S/C22H20N4O2S2/c23-26-21(28)19-17(16-9-5-2-6-10-16)13-29-20(19)25-22(26)30-14-18(27)24-12-11-15-7-3-1-4-8-15/h1-10,13H,11-12,14,23H2,(H,24,27). The van der Waals surface area contributed by atoms with Crippen molar-refractivity contribution in [1.82, 2.24) is 15.0 Å². The number of nitrogen functional groups attached to an aromatic ring is 1. The predicted molar refractivity (Wildman–Crippen MR) is 123 cm³/mol. The summed E-state index contributed by atoms with van der Waals surface area (Å²) in [6.45, 7) is 0.552. The average molecular weight is 437 g/mol. The number of carbonyl (C=O) groups excluding carboxylic acids is 1. The van der Waals surface area contributed by atoms with Gasteiger partial charge in [-0.1, -0.05) is 72.4 Å². The highest BCUT2D eigenvalue weighted by atomic mass is 32.2. The number of hydrogen-bond acceptors (Lipinski definition) is 6. The van der Waals surface area contributed by atoms with Crippen LogP contribution in [0.2, 0.25) is 0 Å². The minimum absolute atomic E-state index is 0.124. The van der Waals surface area contributed by atoms with E-state index in [1.54, 1.807) is 0 Å².